The van der Waals surface area contributed by atoms with E-state index in [1.54, 1.807) is 7.05 Å². The van der Waals surface area contributed by atoms with Crippen LogP contribution in [0.3, 0.4) is 0 Å². The van der Waals surface area contributed by atoms with Crippen LogP contribution in [0.2, 0.25) is 0 Å². The van der Waals surface area contributed by atoms with Gasteiger partial charge in [-0.05, 0) is 22.1 Å². The van der Waals surface area contributed by atoms with Crippen LogP contribution in [0.4, 0.5) is 8.78 Å². The maximum Gasteiger partial charge on any atom is 0.399 e. The van der Waals surface area contributed by atoms with E-state index in [1.165, 1.54) is 28.6 Å². The fourth-order valence-corrected chi connectivity index (χ4v) is 3.67. The molecule has 1 heterocycles. The van der Waals surface area contributed by atoms with Gasteiger partial charge in [0, 0.05) is 22.8 Å². The van der Waals surface area contributed by atoms with E-state index in [1.807, 2.05) is 0 Å². The number of rotatable bonds is 5. The summed E-state index contributed by atoms with van der Waals surface area (Å²) in [6.07, 6.45) is 0. The van der Waals surface area contributed by atoms with E-state index >= 15 is 0 Å². The molecule has 0 aliphatic heterocycles. The van der Waals surface area contributed by atoms with Crippen LogP contribution in [-0.2, 0) is 23.0 Å². The van der Waals surface area contributed by atoms with E-state index in [9.17, 15) is 13.3 Å². The van der Waals surface area contributed by atoms with Gasteiger partial charge in [0.05, 0.1) is 0 Å². The summed E-state index contributed by atoms with van der Waals surface area (Å²) in [4.78, 5) is 17.5. The molecule has 0 saturated heterocycles. The molecule has 2 aromatic rings. The molecule has 0 saturated carbocycles. The minimum Gasteiger partial charge on any atom is -0.320 e. The second kappa shape index (κ2) is 6.32. The fourth-order valence-electron chi connectivity index (χ4n) is 1.54. The van der Waals surface area contributed by atoms with Crippen molar-refractivity contribution in [1.82, 2.24) is 20.2 Å². The zero-order valence-corrected chi connectivity index (χ0v) is 14.3. The van der Waals surface area contributed by atoms with Crippen LogP contribution in [0, 0.1) is 0 Å². The number of halogens is 3. The lowest BCUT2D eigenvalue weighted by Crippen LogP contribution is -2.14. The summed E-state index contributed by atoms with van der Waals surface area (Å²) >= 11 is 4.23. The zero-order valence-electron chi connectivity index (χ0n) is 11.0. The molecule has 22 heavy (non-hydrogen) atoms. The fraction of sp³-hybridized carbons (Fsp3) is 0.300. The molecule has 0 unspecified atom stereocenters. The predicted octanol–water partition coefficient (Wildman–Crippen LogP) is 2.49. The monoisotopic (exact) mass is 414 g/mol. The number of thioether (sulfide) groups is 1. The molecule has 2 N–H and O–H groups in total. The minimum absolute atomic E-state index is 0.0741. The van der Waals surface area contributed by atoms with Gasteiger partial charge in [0.25, 0.3) is 0 Å². The molecule has 0 aliphatic carbocycles. The highest BCUT2D eigenvalue weighted by Gasteiger charge is 2.51. The molecule has 0 fully saturated rings. The standard InChI is InChI=1S/C10H10BrF2N4O3PS/c1-17-9(14-15-16-17)22-5-6-2-3-7(8(11)4-6)10(12,13)21(18,19)20/h2-4H,5H2,1H3,(H2,18,19,20). The van der Waals surface area contributed by atoms with E-state index < -0.39 is 18.8 Å². The number of alkyl halides is 2. The van der Waals surface area contributed by atoms with E-state index in [0.29, 0.717) is 16.5 Å². The molecule has 7 nitrogen and oxygen atoms in total. The molecule has 1 aromatic heterocycles. The van der Waals surface area contributed by atoms with Gasteiger partial charge in [-0.25, -0.2) is 4.68 Å². The number of aryl methyl sites for hydroxylation is 1. The molecular weight excluding hydrogens is 405 g/mol. The maximum atomic E-state index is 13.7. The second-order valence-electron chi connectivity index (χ2n) is 4.27. The molecule has 0 aliphatic rings. The Kier molecular flexibility index (Phi) is 5.03. The Balaban J connectivity index is 2.20. The average Bonchev–Trinajstić information content (AvgIpc) is 2.80. The van der Waals surface area contributed by atoms with E-state index in [-0.39, 0.29) is 4.47 Å². The largest absolute Gasteiger partial charge is 0.399 e. The molecule has 0 spiro atoms. The molecule has 0 amide bonds. The van der Waals surface area contributed by atoms with E-state index in [0.717, 1.165) is 6.07 Å². The van der Waals surface area contributed by atoms with Crippen molar-refractivity contribution in [3.8, 4) is 0 Å². The Morgan fingerprint density at radius 3 is 2.64 bits per heavy atom. The Hall–Kier alpha value is -0.870. The first-order chi connectivity index (χ1) is 10.1. The van der Waals surface area contributed by atoms with Gasteiger partial charge in [-0.1, -0.05) is 39.8 Å². The highest BCUT2D eigenvalue weighted by atomic mass is 79.9. The Morgan fingerprint density at radius 1 is 1.45 bits per heavy atom. The van der Waals surface area contributed by atoms with Gasteiger partial charge in [0.1, 0.15) is 0 Å². The first-order valence-corrected chi connectivity index (χ1v) is 9.09. The van der Waals surface area contributed by atoms with Crippen LogP contribution >= 0.6 is 35.3 Å². The van der Waals surface area contributed by atoms with Crippen LogP contribution in [0.5, 0.6) is 0 Å². The average molecular weight is 415 g/mol. The van der Waals surface area contributed by atoms with Gasteiger partial charge >= 0.3 is 13.3 Å². The summed E-state index contributed by atoms with van der Waals surface area (Å²) in [7, 11) is -3.92. The van der Waals surface area contributed by atoms with Crippen LogP contribution in [0.25, 0.3) is 0 Å². The lowest BCUT2D eigenvalue weighted by Gasteiger charge is -2.19. The van der Waals surface area contributed by atoms with Gasteiger partial charge in [0.2, 0.25) is 5.16 Å². The summed E-state index contributed by atoms with van der Waals surface area (Å²) in [5, 5.41) is 11.5. The van der Waals surface area contributed by atoms with E-state index in [2.05, 4.69) is 31.5 Å². The highest BCUT2D eigenvalue weighted by molar-refractivity contribution is 9.10. The summed E-state index contributed by atoms with van der Waals surface area (Å²) in [6.45, 7) is 0. The molecule has 0 bridgehead atoms. The van der Waals surface area contributed by atoms with Gasteiger partial charge < -0.3 is 9.79 Å². The molecule has 1 aromatic carbocycles. The highest BCUT2D eigenvalue weighted by Crippen LogP contribution is 2.60. The van der Waals surface area contributed by atoms with Crippen LogP contribution in [0.1, 0.15) is 11.1 Å². The van der Waals surface area contributed by atoms with Crippen molar-refractivity contribution in [3.63, 3.8) is 0 Å². The van der Waals surface area contributed by atoms with Crippen molar-refractivity contribution in [2.75, 3.05) is 0 Å². The Morgan fingerprint density at radius 2 is 2.14 bits per heavy atom. The minimum atomic E-state index is -5.59. The zero-order chi connectivity index (χ0) is 16.5. The molecule has 12 heteroatoms. The molecular formula is C10H10BrF2N4O3PS. The van der Waals surface area contributed by atoms with Crippen molar-refractivity contribution in [1.29, 1.82) is 0 Å². The number of benzene rings is 1. The van der Waals surface area contributed by atoms with Crippen molar-refractivity contribution < 1.29 is 23.1 Å². The summed E-state index contributed by atoms with van der Waals surface area (Å²) in [5.74, 6) is 0.411. The van der Waals surface area contributed by atoms with Crippen molar-refractivity contribution in [2.24, 2.45) is 7.05 Å². The third-order valence-corrected chi connectivity index (χ3v) is 5.38. The van der Waals surface area contributed by atoms with Crippen LogP contribution < -0.4 is 0 Å². The number of hydrogen-bond acceptors (Lipinski definition) is 5. The van der Waals surface area contributed by atoms with E-state index in [4.69, 9.17) is 9.79 Å². The quantitative estimate of drug-likeness (QED) is 0.572. The summed E-state index contributed by atoms with van der Waals surface area (Å²) in [5.41, 5.74) is -4.33. The third-order valence-electron chi connectivity index (χ3n) is 2.67. The summed E-state index contributed by atoms with van der Waals surface area (Å²) in [6, 6.07) is 3.75. The van der Waals surface area contributed by atoms with Crippen molar-refractivity contribution in [2.45, 2.75) is 16.6 Å². The first kappa shape index (κ1) is 17.5. The number of aromatic nitrogens is 4. The molecule has 0 radical (unpaired) electrons. The SMILES string of the molecule is Cn1nnnc1SCc1ccc(C(F)(F)P(=O)(O)O)c(Br)c1. The molecule has 0 atom stereocenters. The van der Waals surface area contributed by atoms with Gasteiger partial charge in [-0.3, -0.25) is 4.57 Å². The van der Waals surface area contributed by atoms with Crippen LogP contribution in [0.15, 0.2) is 27.8 Å². The number of nitrogens with zero attached hydrogens (tertiary/aromatic N) is 4. The summed E-state index contributed by atoms with van der Waals surface area (Å²) < 4.78 is 39.7. The Labute approximate surface area is 136 Å². The van der Waals surface area contributed by atoms with Gasteiger partial charge in [0.15, 0.2) is 0 Å². The molecule has 120 valence electrons. The lowest BCUT2D eigenvalue weighted by molar-refractivity contribution is 0.0557. The third kappa shape index (κ3) is 3.54. The first-order valence-electron chi connectivity index (χ1n) is 5.70. The van der Waals surface area contributed by atoms with Gasteiger partial charge in [-0.15, -0.1) is 5.10 Å². The van der Waals surface area contributed by atoms with Crippen LogP contribution in [-0.4, -0.2) is 30.0 Å². The Bertz CT molecular complexity index is 739. The number of tetrazole rings is 1. The lowest BCUT2D eigenvalue weighted by atomic mass is 10.1. The maximum absolute atomic E-state index is 13.7. The number of hydrogen-bond donors (Lipinski definition) is 2. The topological polar surface area (TPSA) is 101 Å². The smallest absolute Gasteiger partial charge is 0.320 e. The normalized spacial score (nSPS) is 12.6. The second-order valence-corrected chi connectivity index (χ2v) is 7.72. The predicted molar refractivity (Wildman–Crippen MR) is 78.4 cm³/mol. The van der Waals surface area contributed by atoms with Crippen molar-refractivity contribution in [3.05, 3.63) is 33.8 Å². The molecule has 2 rings (SSSR count). The van der Waals surface area contributed by atoms with Crippen molar-refractivity contribution >= 4 is 35.3 Å². The van der Waals surface area contributed by atoms with Gasteiger partial charge in [-0.2, -0.15) is 8.78 Å².